The van der Waals surface area contributed by atoms with E-state index in [1.807, 2.05) is 85.1 Å². The fraction of sp³-hybridized carbons (Fsp3) is 0.0500. The molecule has 1 heterocycles. The zero-order valence-corrected chi connectivity index (χ0v) is 30.2. The van der Waals surface area contributed by atoms with Gasteiger partial charge < -0.3 is 16.0 Å². The quantitative estimate of drug-likeness (QED) is 0.0905. The van der Waals surface area contributed by atoms with Crippen molar-refractivity contribution in [3.05, 3.63) is 171 Å². The van der Waals surface area contributed by atoms with Gasteiger partial charge in [-0.1, -0.05) is 102 Å². The van der Waals surface area contributed by atoms with Crippen LogP contribution < -0.4 is 16.0 Å². The third-order valence-corrected chi connectivity index (χ3v) is 10.1. The predicted octanol–water partition coefficient (Wildman–Crippen LogP) is 10.3. The lowest BCUT2D eigenvalue weighted by molar-refractivity contribution is -0.116. The first kappa shape index (κ1) is 35.6. The molecule has 7 nitrogen and oxygen atoms in total. The number of carbonyl (C=O) groups is 3. The summed E-state index contributed by atoms with van der Waals surface area (Å²) < 4.78 is 0. The SMILES string of the molecule is Cc1ccc(/C=C(\NC(=O)c2ccccc2)C(=O)Nc2ccc(SC(C(=O)Nc3nc(-c4ccc(Cl)cc4Cl)cs3)c3ccccc3)cc2)cc1. The predicted molar refractivity (Wildman–Crippen MR) is 209 cm³/mol. The van der Waals surface area contributed by atoms with Gasteiger partial charge in [-0.3, -0.25) is 14.4 Å². The molecule has 0 radical (unpaired) electrons. The number of amides is 3. The molecule has 0 saturated heterocycles. The topological polar surface area (TPSA) is 100 Å². The van der Waals surface area contributed by atoms with E-state index in [9.17, 15) is 14.4 Å². The Morgan fingerprint density at radius 2 is 1.49 bits per heavy atom. The van der Waals surface area contributed by atoms with Crippen LogP contribution in [-0.2, 0) is 9.59 Å². The summed E-state index contributed by atoms with van der Waals surface area (Å²) in [6.07, 6.45) is 1.64. The van der Waals surface area contributed by atoms with E-state index < -0.39 is 17.1 Å². The van der Waals surface area contributed by atoms with Crippen LogP contribution >= 0.6 is 46.3 Å². The Balaban J connectivity index is 1.17. The molecule has 0 aliphatic heterocycles. The van der Waals surface area contributed by atoms with Crippen molar-refractivity contribution in [1.29, 1.82) is 0 Å². The van der Waals surface area contributed by atoms with Crippen molar-refractivity contribution < 1.29 is 14.4 Å². The summed E-state index contributed by atoms with van der Waals surface area (Å²) in [6.45, 7) is 1.98. The van der Waals surface area contributed by atoms with E-state index in [1.54, 1.807) is 60.7 Å². The molecule has 51 heavy (non-hydrogen) atoms. The molecule has 0 saturated carbocycles. The minimum atomic E-state index is -0.602. The molecule has 3 amide bonds. The van der Waals surface area contributed by atoms with Gasteiger partial charge in [-0.05, 0) is 78.7 Å². The zero-order chi connectivity index (χ0) is 35.7. The Morgan fingerprint density at radius 1 is 0.804 bits per heavy atom. The summed E-state index contributed by atoms with van der Waals surface area (Å²) in [5.41, 5.74) is 5.05. The average Bonchev–Trinajstić information content (AvgIpc) is 3.60. The van der Waals surface area contributed by atoms with Gasteiger partial charge >= 0.3 is 0 Å². The molecular weight excluding hydrogens is 720 g/mol. The lowest BCUT2D eigenvalue weighted by Gasteiger charge is -2.17. The van der Waals surface area contributed by atoms with E-state index in [-0.39, 0.29) is 11.6 Å². The molecule has 0 fully saturated rings. The third kappa shape index (κ3) is 9.53. The van der Waals surface area contributed by atoms with E-state index >= 15 is 0 Å². The van der Waals surface area contributed by atoms with Crippen molar-refractivity contribution in [2.24, 2.45) is 0 Å². The molecule has 3 N–H and O–H groups in total. The second-order valence-electron chi connectivity index (χ2n) is 11.3. The van der Waals surface area contributed by atoms with E-state index in [1.165, 1.54) is 23.1 Å². The van der Waals surface area contributed by atoms with Crippen LogP contribution in [0.3, 0.4) is 0 Å². The highest BCUT2D eigenvalue weighted by molar-refractivity contribution is 8.00. The summed E-state index contributed by atoms with van der Waals surface area (Å²) in [5, 5.41) is 11.3. The van der Waals surface area contributed by atoms with Crippen LogP contribution in [0, 0.1) is 6.92 Å². The lowest BCUT2D eigenvalue weighted by atomic mass is 10.1. The number of benzene rings is 5. The second-order valence-corrected chi connectivity index (χ2v) is 14.2. The number of hydrogen-bond donors (Lipinski definition) is 3. The van der Waals surface area contributed by atoms with E-state index in [2.05, 4.69) is 20.9 Å². The molecule has 6 aromatic rings. The van der Waals surface area contributed by atoms with Gasteiger partial charge in [-0.15, -0.1) is 23.1 Å². The molecule has 11 heteroatoms. The molecule has 254 valence electrons. The maximum absolute atomic E-state index is 13.7. The summed E-state index contributed by atoms with van der Waals surface area (Å²) in [7, 11) is 0. The van der Waals surface area contributed by atoms with Crippen molar-refractivity contribution >= 4 is 80.9 Å². The number of carbonyl (C=O) groups excluding carboxylic acids is 3. The Hall–Kier alpha value is -5.19. The smallest absolute Gasteiger partial charge is 0.272 e. The highest BCUT2D eigenvalue weighted by atomic mass is 35.5. The molecule has 5 aromatic carbocycles. The first-order valence-electron chi connectivity index (χ1n) is 15.7. The van der Waals surface area contributed by atoms with Gasteiger partial charge in [0.1, 0.15) is 10.9 Å². The number of thioether (sulfide) groups is 1. The van der Waals surface area contributed by atoms with Crippen LogP contribution in [0.1, 0.15) is 32.3 Å². The number of hydrogen-bond acceptors (Lipinski definition) is 6. The molecule has 1 unspecified atom stereocenters. The van der Waals surface area contributed by atoms with Gasteiger partial charge in [-0.2, -0.15) is 0 Å². The van der Waals surface area contributed by atoms with Crippen LogP contribution in [0.4, 0.5) is 10.8 Å². The fourth-order valence-electron chi connectivity index (χ4n) is 4.95. The van der Waals surface area contributed by atoms with Gasteiger partial charge in [0, 0.05) is 32.1 Å². The second kappa shape index (κ2) is 16.7. The average molecular weight is 750 g/mol. The number of rotatable bonds is 11. The molecule has 0 spiro atoms. The number of nitrogens with zero attached hydrogens (tertiary/aromatic N) is 1. The Morgan fingerprint density at radius 3 is 2.18 bits per heavy atom. The van der Waals surface area contributed by atoms with Crippen molar-refractivity contribution in [2.75, 3.05) is 10.6 Å². The van der Waals surface area contributed by atoms with Crippen molar-refractivity contribution in [1.82, 2.24) is 10.3 Å². The first-order chi connectivity index (χ1) is 24.7. The number of nitrogens with one attached hydrogen (secondary N) is 3. The molecular formula is C40H30Cl2N4O3S2. The van der Waals surface area contributed by atoms with Gasteiger partial charge in [0.15, 0.2) is 5.13 Å². The number of aromatic nitrogens is 1. The van der Waals surface area contributed by atoms with Gasteiger partial charge in [0.2, 0.25) is 5.91 Å². The standard InChI is InChI=1S/C40H30Cl2N4O3S2/c1-25-12-14-26(15-13-25)22-34(44-37(47)28-10-6-3-7-11-28)38(48)43-30-17-19-31(20-18-30)51-36(27-8-4-2-5-9-27)39(49)46-40-45-35(24-50-40)32-21-16-29(41)23-33(32)42/h2-24,36H,1H3,(H,43,48)(H,44,47)(H,45,46,49)/b34-22-. The lowest BCUT2D eigenvalue weighted by Crippen LogP contribution is -2.30. The van der Waals surface area contributed by atoms with E-state index in [0.717, 1.165) is 27.1 Å². The monoisotopic (exact) mass is 748 g/mol. The largest absolute Gasteiger partial charge is 0.321 e. The molecule has 0 bridgehead atoms. The van der Waals surface area contributed by atoms with Crippen LogP contribution in [0.5, 0.6) is 0 Å². The van der Waals surface area contributed by atoms with Gasteiger partial charge in [0.05, 0.1) is 10.7 Å². The van der Waals surface area contributed by atoms with E-state index in [4.69, 9.17) is 23.2 Å². The molecule has 0 aliphatic carbocycles. The molecule has 6 rings (SSSR count). The highest BCUT2D eigenvalue weighted by Gasteiger charge is 2.24. The summed E-state index contributed by atoms with van der Waals surface area (Å²) >= 11 is 15.1. The van der Waals surface area contributed by atoms with Crippen LogP contribution in [0.2, 0.25) is 10.0 Å². The van der Waals surface area contributed by atoms with Crippen molar-refractivity contribution in [2.45, 2.75) is 17.1 Å². The molecule has 1 atom stereocenters. The number of thiazole rings is 1. The van der Waals surface area contributed by atoms with Crippen molar-refractivity contribution in [3.8, 4) is 11.3 Å². The van der Waals surface area contributed by atoms with Crippen LogP contribution in [0.15, 0.2) is 143 Å². The third-order valence-electron chi connectivity index (χ3n) is 7.57. The van der Waals surface area contributed by atoms with E-state index in [0.29, 0.717) is 32.1 Å². The minimum Gasteiger partial charge on any atom is -0.321 e. The van der Waals surface area contributed by atoms with Crippen molar-refractivity contribution in [3.63, 3.8) is 0 Å². The molecule has 1 aromatic heterocycles. The maximum Gasteiger partial charge on any atom is 0.272 e. The number of anilines is 2. The highest BCUT2D eigenvalue weighted by Crippen LogP contribution is 2.38. The van der Waals surface area contributed by atoms with Gasteiger partial charge in [-0.25, -0.2) is 4.98 Å². The summed E-state index contributed by atoms with van der Waals surface area (Å²) in [4.78, 5) is 45.6. The first-order valence-corrected chi connectivity index (χ1v) is 18.2. The fourth-order valence-corrected chi connectivity index (χ4v) is 7.19. The Bertz CT molecular complexity index is 2190. The number of halogens is 2. The minimum absolute atomic E-state index is 0.0932. The van der Waals surface area contributed by atoms with Crippen LogP contribution in [0.25, 0.3) is 17.3 Å². The Labute approximate surface area is 313 Å². The normalized spacial score (nSPS) is 11.8. The van der Waals surface area contributed by atoms with Gasteiger partial charge in [0.25, 0.3) is 11.8 Å². The maximum atomic E-state index is 13.7. The number of aryl methyl sites for hydroxylation is 1. The molecule has 0 aliphatic rings. The summed E-state index contributed by atoms with van der Waals surface area (Å²) in [6, 6.07) is 38.2. The Kier molecular flexibility index (Phi) is 11.7. The van der Waals surface area contributed by atoms with Crippen LogP contribution in [-0.4, -0.2) is 22.7 Å². The zero-order valence-electron chi connectivity index (χ0n) is 27.1. The summed E-state index contributed by atoms with van der Waals surface area (Å²) in [5.74, 6) is -1.12.